The van der Waals surface area contributed by atoms with Gasteiger partial charge in [0, 0.05) is 28.0 Å². The van der Waals surface area contributed by atoms with E-state index < -0.39 is 0 Å². The van der Waals surface area contributed by atoms with Crippen LogP contribution in [0.3, 0.4) is 0 Å². The molecule has 0 saturated heterocycles. The average Bonchev–Trinajstić information content (AvgIpc) is 3.56. The first kappa shape index (κ1) is 25.7. The molecule has 0 amide bonds. The number of hydrogen-bond donors (Lipinski definition) is 1. The van der Waals surface area contributed by atoms with E-state index in [1.807, 2.05) is 6.07 Å². The van der Waals surface area contributed by atoms with Crippen LogP contribution in [0.2, 0.25) is 0 Å². The summed E-state index contributed by atoms with van der Waals surface area (Å²) in [6.45, 7) is 0. The molecule has 2 unspecified atom stereocenters. The zero-order valence-corrected chi connectivity index (χ0v) is 24.5. The molecule has 4 nitrogen and oxygen atoms in total. The number of nitrogens with zero attached hydrogens (tertiary/aromatic N) is 2. The first-order valence-corrected chi connectivity index (χ1v) is 15.5. The Morgan fingerprint density at radius 3 is 2.20 bits per heavy atom. The fraction of sp³-hybridized carbons (Fsp3) is 0.0732. The average molecular weight is 580 g/mol. The van der Waals surface area contributed by atoms with Gasteiger partial charge in [0.1, 0.15) is 0 Å². The Labute approximate surface area is 261 Å². The Kier molecular flexibility index (Phi) is 5.98. The Balaban J connectivity index is 1.17. The maximum absolute atomic E-state index is 6.62. The molecule has 1 aromatic heterocycles. The van der Waals surface area contributed by atoms with Crippen molar-refractivity contribution in [2.75, 3.05) is 5.32 Å². The van der Waals surface area contributed by atoms with Crippen LogP contribution in [0.15, 0.2) is 146 Å². The molecule has 0 spiro atoms. The minimum Gasteiger partial charge on any atom is -0.467 e. The molecule has 0 radical (unpaired) electrons. The van der Waals surface area contributed by atoms with Crippen molar-refractivity contribution in [2.45, 2.75) is 12.6 Å². The van der Waals surface area contributed by atoms with Gasteiger partial charge in [-0.2, -0.15) is 0 Å². The molecule has 45 heavy (non-hydrogen) atoms. The van der Waals surface area contributed by atoms with Crippen molar-refractivity contribution in [3.63, 3.8) is 0 Å². The highest BCUT2D eigenvalue weighted by Gasteiger charge is 2.30. The number of anilines is 1. The number of aromatic nitrogens is 2. The van der Waals surface area contributed by atoms with Crippen molar-refractivity contribution < 1.29 is 4.74 Å². The predicted octanol–water partition coefficient (Wildman–Crippen LogP) is 10.2. The third kappa shape index (κ3) is 4.54. The molecule has 2 atom stereocenters. The van der Waals surface area contributed by atoms with Crippen LogP contribution in [0.4, 0.5) is 5.69 Å². The first-order chi connectivity index (χ1) is 22.3. The summed E-state index contributed by atoms with van der Waals surface area (Å²) in [4.78, 5) is 10.2. The molecule has 0 saturated carbocycles. The van der Waals surface area contributed by atoms with Gasteiger partial charge in [0.15, 0.2) is 17.8 Å². The lowest BCUT2D eigenvalue weighted by atomic mass is 9.98. The van der Waals surface area contributed by atoms with Crippen LogP contribution in [0.25, 0.3) is 66.2 Å². The number of rotatable bonds is 4. The summed E-state index contributed by atoms with van der Waals surface area (Å²) in [5.74, 6) is 1.93. The smallest absolute Gasteiger partial charge is 0.176 e. The number of hydrogen-bond acceptors (Lipinski definition) is 4. The van der Waals surface area contributed by atoms with Gasteiger partial charge in [-0.15, -0.1) is 0 Å². The third-order valence-electron chi connectivity index (χ3n) is 9.00. The summed E-state index contributed by atoms with van der Waals surface area (Å²) >= 11 is 0. The zero-order valence-electron chi connectivity index (χ0n) is 24.5. The number of ether oxygens (including phenoxy) is 1. The van der Waals surface area contributed by atoms with Crippen molar-refractivity contribution in [1.29, 1.82) is 0 Å². The van der Waals surface area contributed by atoms with Gasteiger partial charge in [-0.1, -0.05) is 121 Å². The van der Waals surface area contributed by atoms with E-state index in [9.17, 15) is 0 Å². The van der Waals surface area contributed by atoms with Gasteiger partial charge < -0.3 is 10.1 Å². The highest BCUT2D eigenvalue weighted by atomic mass is 16.5. The minimum atomic E-state index is -0.0796. The molecule has 1 N–H and O–H groups in total. The Hall–Kier alpha value is -5.74. The van der Waals surface area contributed by atoms with E-state index in [0.29, 0.717) is 11.7 Å². The summed E-state index contributed by atoms with van der Waals surface area (Å²) in [5.41, 5.74) is 5.96. The maximum atomic E-state index is 6.62. The summed E-state index contributed by atoms with van der Waals surface area (Å²) in [7, 11) is 0. The van der Waals surface area contributed by atoms with Crippen molar-refractivity contribution in [3.8, 4) is 39.7 Å². The number of allylic oxidation sites excluding steroid dienone is 3. The van der Waals surface area contributed by atoms with E-state index in [1.165, 1.54) is 10.8 Å². The highest BCUT2D eigenvalue weighted by molar-refractivity contribution is 6.13. The number of fused-ring (bicyclic) bond motifs is 6. The van der Waals surface area contributed by atoms with Crippen LogP contribution in [0, 0.1) is 5.92 Å². The van der Waals surface area contributed by atoms with Crippen molar-refractivity contribution >= 4 is 38.0 Å². The second-order valence-corrected chi connectivity index (χ2v) is 11.8. The molecule has 214 valence electrons. The largest absolute Gasteiger partial charge is 0.467 e. The standard InChI is InChI=1S/C41H29N3O/c1-3-10-27(11-4-1)36-25-37(32-18-15-26-9-7-8-14-30(26)23-32)43-40(42-36)33-19-21-34-31(24-33)17-16-28-20-22-35-39(38(28)34)45-41(44-35)29-12-5-2-6-13-29/h1-12,14-25,29,41,44H,13H2. The van der Waals surface area contributed by atoms with E-state index >= 15 is 0 Å². The van der Waals surface area contributed by atoms with Gasteiger partial charge in [0.05, 0.1) is 17.1 Å². The van der Waals surface area contributed by atoms with E-state index in [1.54, 1.807) is 0 Å². The molecule has 1 aliphatic carbocycles. The second kappa shape index (κ2) is 10.5. The van der Waals surface area contributed by atoms with Crippen LogP contribution < -0.4 is 10.1 Å². The highest BCUT2D eigenvalue weighted by Crippen LogP contribution is 2.44. The number of nitrogens with one attached hydrogen (secondary N) is 1. The van der Waals surface area contributed by atoms with Gasteiger partial charge >= 0.3 is 0 Å². The van der Waals surface area contributed by atoms with E-state index in [4.69, 9.17) is 14.7 Å². The summed E-state index contributed by atoms with van der Waals surface area (Å²) in [6.07, 6.45) is 9.53. The monoisotopic (exact) mass is 579 g/mol. The van der Waals surface area contributed by atoms with Gasteiger partial charge in [0.25, 0.3) is 0 Å². The van der Waals surface area contributed by atoms with Gasteiger partial charge in [-0.05, 0) is 57.6 Å². The second-order valence-electron chi connectivity index (χ2n) is 11.8. The topological polar surface area (TPSA) is 47.0 Å². The lowest BCUT2D eigenvalue weighted by Crippen LogP contribution is -2.29. The van der Waals surface area contributed by atoms with E-state index in [2.05, 4.69) is 145 Å². The molecule has 9 rings (SSSR count). The van der Waals surface area contributed by atoms with Crippen LogP contribution in [-0.4, -0.2) is 16.2 Å². The normalized spacial score (nSPS) is 17.0. The van der Waals surface area contributed by atoms with E-state index in [0.717, 1.165) is 67.5 Å². The lowest BCUT2D eigenvalue weighted by Gasteiger charge is -2.20. The predicted molar refractivity (Wildman–Crippen MR) is 185 cm³/mol. The Morgan fingerprint density at radius 1 is 0.600 bits per heavy atom. The number of benzene rings is 6. The maximum Gasteiger partial charge on any atom is 0.176 e. The van der Waals surface area contributed by atoms with Crippen molar-refractivity contribution in [1.82, 2.24) is 9.97 Å². The van der Waals surface area contributed by atoms with Crippen LogP contribution >= 0.6 is 0 Å². The zero-order chi connectivity index (χ0) is 29.7. The fourth-order valence-electron chi connectivity index (χ4n) is 6.66. The molecular weight excluding hydrogens is 550 g/mol. The van der Waals surface area contributed by atoms with Crippen LogP contribution in [0.5, 0.6) is 5.75 Å². The molecule has 0 fully saturated rings. The molecule has 7 aromatic rings. The molecule has 0 bridgehead atoms. The molecule has 1 aliphatic heterocycles. The summed E-state index contributed by atoms with van der Waals surface area (Å²) in [6, 6.07) is 42.6. The first-order valence-electron chi connectivity index (χ1n) is 15.5. The summed E-state index contributed by atoms with van der Waals surface area (Å²) < 4.78 is 6.62. The van der Waals surface area contributed by atoms with Gasteiger partial charge in [0.2, 0.25) is 0 Å². The molecular formula is C41H29N3O. The van der Waals surface area contributed by atoms with E-state index in [-0.39, 0.29) is 6.23 Å². The van der Waals surface area contributed by atoms with Gasteiger partial charge in [-0.3, -0.25) is 0 Å². The van der Waals surface area contributed by atoms with Crippen LogP contribution in [0.1, 0.15) is 6.42 Å². The lowest BCUT2D eigenvalue weighted by molar-refractivity contribution is 0.206. The fourth-order valence-corrected chi connectivity index (χ4v) is 6.66. The Morgan fingerprint density at radius 2 is 1.33 bits per heavy atom. The molecule has 4 heteroatoms. The van der Waals surface area contributed by atoms with Crippen LogP contribution in [-0.2, 0) is 0 Å². The SMILES string of the molecule is C1=CCC(C2Nc3ccc4ccc5cc(-c6nc(-c7ccccc7)cc(-c7ccc8ccccc8c7)n6)ccc5c4c3O2)C=C1. The van der Waals surface area contributed by atoms with Gasteiger partial charge in [-0.25, -0.2) is 9.97 Å². The molecule has 6 aromatic carbocycles. The summed E-state index contributed by atoms with van der Waals surface area (Å²) in [5, 5.41) is 10.6. The molecule has 2 heterocycles. The van der Waals surface area contributed by atoms with Crippen molar-refractivity contribution in [3.05, 3.63) is 146 Å². The van der Waals surface area contributed by atoms with Crippen molar-refractivity contribution in [2.24, 2.45) is 5.92 Å². The molecule has 2 aliphatic rings. The minimum absolute atomic E-state index is 0.0796. The quantitative estimate of drug-likeness (QED) is 0.211. The Bertz CT molecular complexity index is 2320. The third-order valence-corrected chi connectivity index (χ3v) is 9.00.